The van der Waals surface area contributed by atoms with Crippen LogP contribution in [0.25, 0.3) is 0 Å². The Morgan fingerprint density at radius 2 is 2.22 bits per heavy atom. The van der Waals surface area contributed by atoms with Crippen molar-refractivity contribution in [1.82, 2.24) is 0 Å². The molecule has 0 spiro atoms. The molecular formula is C7H12O2. The Kier molecular flexibility index (Phi) is 1.86. The van der Waals surface area contributed by atoms with Gasteiger partial charge in [0.2, 0.25) is 0 Å². The summed E-state index contributed by atoms with van der Waals surface area (Å²) in [4.78, 5) is 10.8. The molecule has 1 aliphatic heterocycles. The predicted molar refractivity (Wildman–Crippen MR) is 34.2 cm³/mol. The lowest BCUT2D eigenvalue weighted by molar-refractivity contribution is -0.121. The molecular weight excluding hydrogens is 116 g/mol. The summed E-state index contributed by atoms with van der Waals surface area (Å²) in [5, 5.41) is 0. The summed E-state index contributed by atoms with van der Waals surface area (Å²) in [7, 11) is 0. The van der Waals surface area contributed by atoms with Crippen LogP contribution in [0.3, 0.4) is 0 Å². The fourth-order valence-electron chi connectivity index (χ4n) is 1.18. The van der Waals surface area contributed by atoms with Gasteiger partial charge in [0.15, 0.2) is 0 Å². The standard InChI is InChI=1S/C7H12O2/c1-5-3-9-4-7(5)6(2)8/h5,7H,3-4H2,1-2H3/t5-,7-/m0/s1. The van der Waals surface area contributed by atoms with E-state index >= 15 is 0 Å². The molecule has 0 aliphatic carbocycles. The van der Waals surface area contributed by atoms with Crippen LogP contribution in [0, 0.1) is 11.8 Å². The van der Waals surface area contributed by atoms with E-state index in [1.54, 1.807) is 6.92 Å². The van der Waals surface area contributed by atoms with Crippen molar-refractivity contribution in [2.75, 3.05) is 13.2 Å². The highest BCUT2D eigenvalue weighted by Gasteiger charge is 2.27. The average Bonchev–Trinajstić information content (AvgIpc) is 2.13. The van der Waals surface area contributed by atoms with Crippen molar-refractivity contribution in [3.05, 3.63) is 0 Å². The molecule has 0 aromatic heterocycles. The van der Waals surface area contributed by atoms with Crippen molar-refractivity contribution in [2.24, 2.45) is 11.8 Å². The van der Waals surface area contributed by atoms with Gasteiger partial charge in [-0.25, -0.2) is 0 Å². The highest BCUT2D eigenvalue weighted by molar-refractivity contribution is 5.78. The first-order valence-electron chi connectivity index (χ1n) is 3.30. The first-order chi connectivity index (χ1) is 4.22. The van der Waals surface area contributed by atoms with Gasteiger partial charge in [0, 0.05) is 12.5 Å². The summed E-state index contributed by atoms with van der Waals surface area (Å²) in [5.74, 6) is 0.868. The van der Waals surface area contributed by atoms with Gasteiger partial charge < -0.3 is 4.74 Å². The van der Waals surface area contributed by atoms with Crippen molar-refractivity contribution >= 4 is 5.78 Å². The van der Waals surface area contributed by atoms with Gasteiger partial charge in [0.1, 0.15) is 5.78 Å². The molecule has 0 saturated carbocycles. The summed E-state index contributed by atoms with van der Waals surface area (Å²) < 4.78 is 5.11. The van der Waals surface area contributed by atoms with E-state index in [1.807, 2.05) is 0 Å². The largest absolute Gasteiger partial charge is 0.380 e. The fraction of sp³-hybridized carbons (Fsp3) is 0.857. The van der Waals surface area contributed by atoms with Crippen molar-refractivity contribution in [1.29, 1.82) is 0 Å². The molecule has 0 unspecified atom stereocenters. The molecule has 1 fully saturated rings. The number of carbonyl (C=O) groups excluding carboxylic acids is 1. The van der Waals surface area contributed by atoms with Crippen LogP contribution in [0.15, 0.2) is 0 Å². The summed E-state index contributed by atoms with van der Waals surface area (Å²) in [6, 6.07) is 0. The minimum atomic E-state index is 0.171. The fourth-order valence-corrected chi connectivity index (χ4v) is 1.18. The zero-order chi connectivity index (χ0) is 6.85. The van der Waals surface area contributed by atoms with Crippen LogP contribution in [0.1, 0.15) is 13.8 Å². The van der Waals surface area contributed by atoms with Gasteiger partial charge in [-0.05, 0) is 12.8 Å². The first-order valence-corrected chi connectivity index (χ1v) is 3.30. The molecule has 9 heavy (non-hydrogen) atoms. The highest BCUT2D eigenvalue weighted by Crippen LogP contribution is 2.19. The molecule has 52 valence electrons. The van der Waals surface area contributed by atoms with E-state index in [-0.39, 0.29) is 11.7 Å². The van der Waals surface area contributed by atoms with Crippen LogP contribution in [0.5, 0.6) is 0 Å². The van der Waals surface area contributed by atoms with Gasteiger partial charge in [0.05, 0.1) is 6.61 Å². The quantitative estimate of drug-likeness (QED) is 0.523. The lowest BCUT2D eigenvalue weighted by Gasteiger charge is -2.06. The van der Waals surface area contributed by atoms with Crippen molar-refractivity contribution < 1.29 is 9.53 Å². The Morgan fingerprint density at radius 1 is 1.56 bits per heavy atom. The van der Waals surface area contributed by atoms with E-state index in [2.05, 4.69) is 6.92 Å². The van der Waals surface area contributed by atoms with Crippen molar-refractivity contribution in [2.45, 2.75) is 13.8 Å². The number of carbonyl (C=O) groups is 1. The second-order valence-corrected chi connectivity index (χ2v) is 2.73. The minimum Gasteiger partial charge on any atom is -0.380 e. The van der Waals surface area contributed by atoms with Gasteiger partial charge in [-0.2, -0.15) is 0 Å². The third-order valence-electron chi connectivity index (χ3n) is 1.89. The Balaban J connectivity index is 2.49. The molecule has 0 bridgehead atoms. The molecule has 1 heterocycles. The van der Waals surface area contributed by atoms with Crippen LogP contribution >= 0.6 is 0 Å². The molecule has 0 aromatic rings. The Bertz CT molecular complexity index is 120. The molecule has 1 aliphatic rings. The van der Waals surface area contributed by atoms with Gasteiger partial charge >= 0.3 is 0 Å². The topological polar surface area (TPSA) is 26.3 Å². The van der Waals surface area contributed by atoms with Crippen LogP contribution in [0.4, 0.5) is 0 Å². The summed E-state index contributed by atoms with van der Waals surface area (Å²) >= 11 is 0. The molecule has 0 N–H and O–H groups in total. The summed E-state index contributed by atoms with van der Waals surface area (Å²) in [6.45, 7) is 5.08. The lowest BCUT2D eigenvalue weighted by Crippen LogP contribution is -2.16. The second-order valence-electron chi connectivity index (χ2n) is 2.73. The number of ether oxygens (including phenoxy) is 1. The Labute approximate surface area is 55.2 Å². The lowest BCUT2D eigenvalue weighted by atomic mass is 9.95. The minimum absolute atomic E-state index is 0.171. The van der Waals surface area contributed by atoms with Crippen LogP contribution in [-0.4, -0.2) is 19.0 Å². The molecule has 2 nitrogen and oxygen atoms in total. The van der Waals surface area contributed by atoms with E-state index < -0.39 is 0 Å². The third-order valence-corrected chi connectivity index (χ3v) is 1.89. The van der Waals surface area contributed by atoms with E-state index in [4.69, 9.17) is 4.74 Å². The van der Waals surface area contributed by atoms with Crippen molar-refractivity contribution in [3.63, 3.8) is 0 Å². The summed E-state index contributed by atoms with van der Waals surface area (Å²) in [6.07, 6.45) is 0. The third kappa shape index (κ3) is 1.30. The monoisotopic (exact) mass is 128 g/mol. The normalized spacial score (nSPS) is 34.9. The van der Waals surface area contributed by atoms with Gasteiger partial charge in [-0.15, -0.1) is 0 Å². The Hall–Kier alpha value is -0.370. The van der Waals surface area contributed by atoms with Crippen LogP contribution in [0.2, 0.25) is 0 Å². The van der Waals surface area contributed by atoms with Gasteiger partial charge in [-0.3, -0.25) is 4.79 Å². The van der Waals surface area contributed by atoms with E-state index in [9.17, 15) is 4.79 Å². The molecule has 1 rings (SSSR count). The SMILES string of the molecule is CC(=O)[C@H]1COC[C@@H]1C. The maximum absolute atomic E-state index is 10.8. The van der Waals surface area contributed by atoms with Crippen LogP contribution in [-0.2, 0) is 9.53 Å². The maximum Gasteiger partial charge on any atom is 0.135 e. The molecule has 1 saturated heterocycles. The number of hydrogen-bond acceptors (Lipinski definition) is 2. The average molecular weight is 128 g/mol. The van der Waals surface area contributed by atoms with E-state index in [0.717, 1.165) is 6.61 Å². The second kappa shape index (κ2) is 2.48. The van der Waals surface area contributed by atoms with E-state index in [0.29, 0.717) is 12.5 Å². The first kappa shape index (κ1) is 6.75. The molecule has 2 atom stereocenters. The molecule has 0 aromatic carbocycles. The van der Waals surface area contributed by atoms with Crippen LogP contribution < -0.4 is 0 Å². The molecule has 0 radical (unpaired) electrons. The van der Waals surface area contributed by atoms with Gasteiger partial charge in [0.25, 0.3) is 0 Å². The maximum atomic E-state index is 10.8. The number of Topliss-reactive ketones (excluding diaryl/α,β-unsaturated/α-hetero) is 1. The number of hydrogen-bond donors (Lipinski definition) is 0. The zero-order valence-electron chi connectivity index (χ0n) is 5.89. The number of ketones is 1. The van der Waals surface area contributed by atoms with Gasteiger partial charge in [-0.1, -0.05) is 6.92 Å². The summed E-state index contributed by atoms with van der Waals surface area (Å²) in [5.41, 5.74) is 0. The predicted octanol–water partition coefficient (Wildman–Crippen LogP) is 0.858. The molecule has 2 heteroatoms. The highest BCUT2D eigenvalue weighted by atomic mass is 16.5. The van der Waals surface area contributed by atoms with Crippen molar-refractivity contribution in [3.8, 4) is 0 Å². The molecule has 0 amide bonds. The van der Waals surface area contributed by atoms with E-state index in [1.165, 1.54) is 0 Å². The smallest absolute Gasteiger partial charge is 0.135 e. The zero-order valence-corrected chi connectivity index (χ0v) is 5.89. The number of rotatable bonds is 1. The Morgan fingerprint density at radius 3 is 2.44 bits per heavy atom.